The van der Waals surface area contributed by atoms with E-state index in [1.807, 2.05) is 6.92 Å². The first-order valence-corrected chi connectivity index (χ1v) is 7.43. The average Bonchev–Trinajstić information content (AvgIpc) is 2.92. The van der Waals surface area contributed by atoms with Gasteiger partial charge >= 0.3 is 0 Å². The van der Waals surface area contributed by atoms with E-state index in [-0.39, 0.29) is 11.8 Å². The van der Waals surface area contributed by atoms with Gasteiger partial charge in [-0.1, -0.05) is 6.92 Å². The zero-order valence-corrected chi connectivity index (χ0v) is 12.3. The van der Waals surface area contributed by atoms with Gasteiger partial charge in [-0.05, 0) is 32.2 Å². The van der Waals surface area contributed by atoms with Gasteiger partial charge in [0.1, 0.15) is 17.6 Å². The van der Waals surface area contributed by atoms with Crippen LogP contribution in [-0.2, 0) is 0 Å². The number of nitrogens with two attached hydrogens (primary N) is 1. The largest absolute Gasteiger partial charge is 0.493 e. The van der Waals surface area contributed by atoms with Crippen molar-refractivity contribution in [2.45, 2.75) is 38.7 Å². The van der Waals surface area contributed by atoms with E-state index in [2.05, 4.69) is 0 Å². The summed E-state index contributed by atoms with van der Waals surface area (Å²) in [7, 11) is 0. The van der Waals surface area contributed by atoms with E-state index in [9.17, 15) is 10.1 Å². The van der Waals surface area contributed by atoms with Gasteiger partial charge in [-0.2, -0.15) is 0 Å². The van der Waals surface area contributed by atoms with Crippen molar-refractivity contribution in [3.05, 3.63) is 28.3 Å². The molecule has 1 aliphatic rings. The lowest BCUT2D eigenvalue weighted by Gasteiger charge is -2.20. The number of benzene rings is 1. The van der Waals surface area contributed by atoms with E-state index >= 15 is 0 Å². The molecule has 1 saturated carbocycles. The summed E-state index contributed by atoms with van der Waals surface area (Å²) in [5.74, 6) is 1.29. The highest BCUT2D eigenvalue weighted by Crippen LogP contribution is 2.33. The Balaban J connectivity index is 2.16. The van der Waals surface area contributed by atoms with Crippen molar-refractivity contribution >= 4 is 5.69 Å². The number of nitrogens with zero attached hydrogens (tertiary/aromatic N) is 1. The number of rotatable bonds is 7. The van der Waals surface area contributed by atoms with Gasteiger partial charge in [0.25, 0.3) is 5.69 Å². The minimum absolute atomic E-state index is 0.0131. The van der Waals surface area contributed by atoms with Gasteiger partial charge in [0.05, 0.1) is 23.7 Å². The summed E-state index contributed by atoms with van der Waals surface area (Å²) < 4.78 is 11.4. The zero-order chi connectivity index (χ0) is 15.2. The molecule has 0 saturated heterocycles. The first kappa shape index (κ1) is 15.6. The van der Waals surface area contributed by atoms with Gasteiger partial charge in [-0.25, -0.2) is 0 Å². The van der Waals surface area contributed by atoms with Gasteiger partial charge in [0, 0.05) is 12.0 Å². The van der Waals surface area contributed by atoms with Crippen molar-refractivity contribution in [3.63, 3.8) is 0 Å². The maximum Gasteiger partial charge on any atom is 0.276 e. The van der Waals surface area contributed by atoms with E-state index in [4.69, 9.17) is 15.2 Å². The third-order valence-electron chi connectivity index (χ3n) is 3.73. The Morgan fingerprint density at radius 1 is 1.33 bits per heavy atom. The highest BCUT2D eigenvalue weighted by molar-refractivity contribution is 5.46. The lowest BCUT2D eigenvalue weighted by molar-refractivity contribution is -0.385. The van der Waals surface area contributed by atoms with E-state index in [0.717, 1.165) is 25.7 Å². The van der Waals surface area contributed by atoms with Crippen LogP contribution in [0.5, 0.6) is 11.5 Å². The highest BCUT2D eigenvalue weighted by atomic mass is 16.6. The zero-order valence-electron chi connectivity index (χ0n) is 12.3. The second-order valence-electron chi connectivity index (χ2n) is 5.35. The topological polar surface area (TPSA) is 87.6 Å². The van der Waals surface area contributed by atoms with Crippen LogP contribution in [0.3, 0.4) is 0 Å². The summed E-state index contributed by atoms with van der Waals surface area (Å²) in [5.41, 5.74) is 5.73. The summed E-state index contributed by atoms with van der Waals surface area (Å²) in [6, 6.07) is 4.59. The van der Waals surface area contributed by atoms with Crippen LogP contribution in [0.4, 0.5) is 5.69 Å². The maximum atomic E-state index is 11.0. The minimum atomic E-state index is -0.430. The molecule has 1 fully saturated rings. The van der Waals surface area contributed by atoms with E-state index in [1.165, 1.54) is 12.1 Å². The van der Waals surface area contributed by atoms with E-state index in [1.54, 1.807) is 6.07 Å². The molecule has 1 aromatic carbocycles. The molecule has 1 aromatic rings. The fourth-order valence-corrected chi connectivity index (χ4v) is 2.64. The number of ether oxygens (including phenoxy) is 2. The molecule has 1 aliphatic carbocycles. The van der Waals surface area contributed by atoms with E-state index in [0.29, 0.717) is 30.6 Å². The molecule has 0 amide bonds. The first-order valence-electron chi connectivity index (χ1n) is 7.43. The molecular formula is C15H22N2O4. The van der Waals surface area contributed by atoms with Gasteiger partial charge in [-0.15, -0.1) is 0 Å². The average molecular weight is 294 g/mol. The van der Waals surface area contributed by atoms with Crippen LogP contribution in [-0.4, -0.2) is 24.2 Å². The lowest BCUT2D eigenvalue weighted by atomic mass is 10.1. The van der Waals surface area contributed by atoms with Gasteiger partial charge in [0.15, 0.2) is 0 Å². The third kappa shape index (κ3) is 4.07. The molecule has 2 atom stereocenters. The predicted octanol–water partition coefficient (Wildman–Crippen LogP) is 2.89. The Labute approximate surface area is 124 Å². The molecule has 6 heteroatoms. The second kappa shape index (κ2) is 7.26. The molecule has 0 radical (unpaired) electrons. The van der Waals surface area contributed by atoms with Gasteiger partial charge in [-0.3, -0.25) is 10.1 Å². The van der Waals surface area contributed by atoms with Crippen molar-refractivity contribution in [2.75, 3.05) is 13.2 Å². The molecule has 6 nitrogen and oxygen atoms in total. The Morgan fingerprint density at radius 3 is 2.76 bits per heavy atom. The Morgan fingerprint density at radius 2 is 2.10 bits per heavy atom. The monoisotopic (exact) mass is 294 g/mol. The van der Waals surface area contributed by atoms with Crippen LogP contribution in [0.25, 0.3) is 0 Å². The Bertz CT molecular complexity index is 493. The fraction of sp³-hybridized carbons (Fsp3) is 0.600. The highest BCUT2D eigenvalue weighted by Gasteiger charge is 2.28. The van der Waals surface area contributed by atoms with Crippen LogP contribution in [0.1, 0.15) is 32.6 Å². The van der Waals surface area contributed by atoms with Crippen LogP contribution >= 0.6 is 0 Å². The van der Waals surface area contributed by atoms with Crippen LogP contribution < -0.4 is 15.2 Å². The Hall–Kier alpha value is -1.82. The minimum Gasteiger partial charge on any atom is -0.493 e. The van der Waals surface area contributed by atoms with Crippen LogP contribution in [0.2, 0.25) is 0 Å². The standard InChI is InChI=1S/C15H22N2O4/c1-2-6-20-13-7-12(17(18)19)8-14(9-13)21-15-5-3-4-11(15)10-16/h7-9,11,15H,2-6,10,16H2,1H3. The van der Waals surface area contributed by atoms with Crippen molar-refractivity contribution < 1.29 is 14.4 Å². The quantitative estimate of drug-likeness (QED) is 0.617. The van der Waals surface area contributed by atoms with Crippen molar-refractivity contribution in [2.24, 2.45) is 11.7 Å². The molecule has 116 valence electrons. The normalized spacial score (nSPS) is 21.2. The number of hydrogen-bond acceptors (Lipinski definition) is 5. The lowest BCUT2D eigenvalue weighted by Crippen LogP contribution is -2.27. The van der Waals surface area contributed by atoms with Gasteiger partial charge < -0.3 is 15.2 Å². The summed E-state index contributed by atoms with van der Waals surface area (Å²) in [5, 5.41) is 11.0. The molecule has 2 unspecified atom stereocenters. The van der Waals surface area contributed by atoms with Crippen LogP contribution in [0.15, 0.2) is 18.2 Å². The summed E-state index contributed by atoms with van der Waals surface area (Å²) in [6.45, 7) is 3.09. The molecule has 2 rings (SSSR count). The molecule has 0 aliphatic heterocycles. The summed E-state index contributed by atoms with van der Waals surface area (Å²) >= 11 is 0. The fourth-order valence-electron chi connectivity index (χ4n) is 2.64. The maximum absolute atomic E-state index is 11.0. The first-order chi connectivity index (χ1) is 10.1. The number of nitro benzene ring substituents is 1. The molecular weight excluding hydrogens is 272 g/mol. The van der Waals surface area contributed by atoms with Crippen molar-refractivity contribution in [3.8, 4) is 11.5 Å². The smallest absolute Gasteiger partial charge is 0.276 e. The second-order valence-corrected chi connectivity index (χ2v) is 5.35. The van der Waals surface area contributed by atoms with Gasteiger partial charge in [0.2, 0.25) is 0 Å². The van der Waals surface area contributed by atoms with Crippen molar-refractivity contribution in [1.29, 1.82) is 0 Å². The SMILES string of the molecule is CCCOc1cc(OC2CCCC2CN)cc([N+](=O)[O-])c1. The summed E-state index contributed by atoms with van der Waals surface area (Å²) in [6.07, 6.45) is 3.96. The predicted molar refractivity (Wildman–Crippen MR) is 79.7 cm³/mol. The van der Waals surface area contributed by atoms with Crippen LogP contribution in [0, 0.1) is 16.0 Å². The molecule has 21 heavy (non-hydrogen) atoms. The number of nitro groups is 1. The number of hydrogen-bond donors (Lipinski definition) is 1. The van der Waals surface area contributed by atoms with E-state index < -0.39 is 4.92 Å². The molecule has 2 N–H and O–H groups in total. The van der Waals surface area contributed by atoms with Crippen molar-refractivity contribution in [1.82, 2.24) is 0 Å². The summed E-state index contributed by atoms with van der Waals surface area (Å²) in [4.78, 5) is 10.6. The molecule has 0 heterocycles. The third-order valence-corrected chi connectivity index (χ3v) is 3.73. The molecule has 0 aromatic heterocycles. The number of non-ortho nitro benzene ring substituents is 1. The molecule has 0 bridgehead atoms. The molecule has 0 spiro atoms. The Kier molecular flexibility index (Phi) is 5.38.